The predicted molar refractivity (Wildman–Crippen MR) is 93.4 cm³/mol. The SMILES string of the molecule is COc1ccc(OC[C@@H](O)CN=Cc2ccc(Cl)c(Cl)c2)cc1. The molecule has 1 N–H and O–H groups in total. The van der Waals surface area contributed by atoms with Crippen LogP contribution in [0.3, 0.4) is 0 Å². The molecule has 0 heterocycles. The highest BCUT2D eigenvalue weighted by atomic mass is 35.5. The molecule has 0 amide bonds. The summed E-state index contributed by atoms with van der Waals surface area (Å²) in [4.78, 5) is 4.18. The van der Waals surface area contributed by atoms with Crippen molar-refractivity contribution in [3.63, 3.8) is 0 Å². The van der Waals surface area contributed by atoms with Gasteiger partial charge in [0.2, 0.25) is 0 Å². The van der Waals surface area contributed by atoms with Crippen LogP contribution >= 0.6 is 23.2 Å². The van der Waals surface area contributed by atoms with Gasteiger partial charge in [-0.1, -0.05) is 29.3 Å². The van der Waals surface area contributed by atoms with Crippen molar-refractivity contribution in [2.24, 2.45) is 4.99 Å². The van der Waals surface area contributed by atoms with E-state index in [-0.39, 0.29) is 13.2 Å². The van der Waals surface area contributed by atoms with Crippen LogP contribution in [-0.2, 0) is 0 Å². The summed E-state index contributed by atoms with van der Waals surface area (Å²) < 4.78 is 10.6. The number of halogens is 2. The van der Waals surface area contributed by atoms with Gasteiger partial charge in [0.05, 0.1) is 23.7 Å². The van der Waals surface area contributed by atoms with Crippen molar-refractivity contribution in [3.8, 4) is 11.5 Å². The number of aliphatic hydroxyl groups is 1. The van der Waals surface area contributed by atoms with E-state index in [1.165, 1.54) is 0 Å². The fourth-order valence-corrected chi connectivity index (χ4v) is 2.10. The van der Waals surface area contributed by atoms with Crippen LogP contribution in [0.15, 0.2) is 47.5 Å². The van der Waals surface area contributed by atoms with Crippen molar-refractivity contribution >= 4 is 29.4 Å². The van der Waals surface area contributed by atoms with Crippen LogP contribution in [0.5, 0.6) is 11.5 Å². The first-order chi connectivity index (χ1) is 11.1. The van der Waals surface area contributed by atoms with Gasteiger partial charge in [0, 0.05) is 6.21 Å². The second-order valence-corrected chi connectivity index (χ2v) is 5.62. The van der Waals surface area contributed by atoms with E-state index in [9.17, 15) is 5.11 Å². The Hall–Kier alpha value is -1.75. The third kappa shape index (κ3) is 5.75. The van der Waals surface area contributed by atoms with Crippen LogP contribution in [0.25, 0.3) is 0 Å². The van der Waals surface area contributed by atoms with E-state index in [1.54, 1.807) is 55.8 Å². The average Bonchev–Trinajstić information content (AvgIpc) is 2.56. The smallest absolute Gasteiger partial charge is 0.119 e. The standard InChI is InChI=1S/C17H17Cl2NO3/c1-22-14-3-5-15(6-4-14)23-11-13(21)10-20-9-12-2-7-16(18)17(19)8-12/h2-9,13,21H,10-11H2,1H3/t13-/m0/s1. The Balaban J connectivity index is 1.78. The summed E-state index contributed by atoms with van der Waals surface area (Å²) in [5, 5.41) is 10.8. The topological polar surface area (TPSA) is 51.0 Å². The summed E-state index contributed by atoms with van der Waals surface area (Å²) in [7, 11) is 1.60. The lowest BCUT2D eigenvalue weighted by Gasteiger charge is -2.10. The summed E-state index contributed by atoms with van der Waals surface area (Å²) >= 11 is 11.8. The molecule has 0 radical (unpaired) electrons. The van der Waals surface area contributed by atoms with Crippen molar-refractivity contribution < 1.29 is 14.6 Å². The molecule has 0 fully saturated rings. The van der Waals surface area contributed by atoms with Crippen molar-refractivity contribution in [1.82, 2.24) is 0 Å². The van der Waals surface area contributed by atoms with E-state index in [1.807, 2.05) is 0 Å². The van der Waals surface area contributed by atoms with Crippen molar-refractivity contribution in [1.29, 1.82) is 0 Å². The van der Waals surface area contributed by atoms with Gasteiger partial charge in [0.15, 0.2) is 0 Å². The number of nitrogens with zero attached hydrogens (tertiary/aromatic N) is 1. The van der Waals surface area contributed by atoms with Gasteiger partial charge in [-0.3, -0.25) is 4.99 Å². The molecule has 0 spiro atoms. The second kappa shape index (κ2) is 8.77. The van der Waals surface area contributed by atoms with Gasteiger partial charge in [-0.15, -0.1) is 0 Å². The molecule has 1 atom stereocenters. The lowest BCUT2D eigenvalue weighted by molar-refractivity contribution is 0.114. The van der Waals surface area contributed by atoms with E-state index in [0.717, 1.165) is 11.3 Å². The Kier molecular flexibility index (Phi) is 6.71. The van der Waals surface area contributed by atoms with Gasteiger partial charge in [-0.2, -0.15) is 0 Å². The molecule has 4 nitrogen and oxygen atoms in total. The molecule has 0 unspecified atom stereocenters. The van der Waals surface area contributed by atoms with Gasteiger partial charge < -0.3 is 14.6 Å². The summed E-state index contributed by atoms with van der Waals surface area (Å²) in [6.45, 7) is 0.390. The molecule has 122 valence electrons. The number of benzene rings is 2. The van der Waals surface area contributed by atoms with E-state index < -0.39 is 6.10 Å². The van der Waals surface area contributed by atoms with Gasteiger partial charge in [0.1, 0.15) is 24.2 Å². The lowest BCUT2D eigenvalue weighted by Crippen LogP contribution is -2.20. The number of hydrogen-bond acceptors (Lipinski definition) is 4. The molecule has 2 rings (SSSR count). The Bertz CT molecular complexity index is 659. The molecule has 0 aliphatic rings. The Morgan fingerprint density at radius 2 is 1.78 bits per heavy atom. The van der Waals surface area contributed by atoms with Crippen molar-refractivity contribution in [2.75, 3.05) is 20.3 Å². The van der Waals surface area contributed by atoms with E-state index in [4.69, 9.17) is 32.7 Å². The lowest BCUT2D eigenvalue weighted by atomic mass is 10.2. The zero-order chi connectivity index (χ0) is 16.7. The highest BCUT2D eigenvalue weighted by Crippen LogP contribution is 2.21. The molecule has 6 heteroatoms. The van der Waals surface area contributed by atoms with Crippen LogP contribution in [0.1, 0.15) is 5.56 Å². The monoisotopic (exact) mass is 353 g/mol. The first kappa shape index (κ1) is 17.6. The molecule has 0 saturated carbocycles. The quantitative estimate of drug-likeness (QED) is 0.768. The normalized spacial score (nSPS) is 12.3. The minimum atomic E-state index is -0.698. The van der Waals surface area contributed by atoms with Crippen LogP contribution in [0.2, 0.25) is 10.0 Å². The van der Waals surface area contributed by atoms with E-state index in [2.05, 4.69) is 4.99 Å². The number of rotatable bonds is 7. The molecule has 2 aromatic rings. The van der Waals surface area contributed by atoms with Crippen molar-refractivity contribution in [3.05, 3.63) is 58.1 Å². The molecule has 23 heavy (non-hydrogen) atoms. The van der Waals surface area contributed by atoms with Crippen LogP contribution in [-0.4, -0.2) is 37.7 Å². The van der Waals surface area contributed by atoms with Crippen LogP contribution < -0.4 is 9.47 Å². The summed E-state index contributed by atoms with van der Waals surface area (Å²) in [6, 6.07) is 12.4. The zero-order valence-corrected chi connectivity index (χ0v) is 14.1. The third-order valence-electron chi connectivity index (χ3n) is 3.00. The molecule has 0 bridgehead atoms. The predicted octanol–water partition coefficient (Wildman–Crippen LogP) is 3.86. The number of aliphatic imine (C=N–C) groups is 1. The first-order valence-electron chi connectivity index (χ1n) is 6.98. The fourth-order valence-electron chi connectivity index (χ4n) is 1.79. The molecular formula is C17H17Cl2NO3. The first-order valence-corrected chi connectivity index (χ1v) is 7.74. The largest absolute Gasteiger partial charge is 0.497 e. The number of ether oxygens (including phenoxy) is 2. The molecule has 0 saturated heterocycles. The summed E-state index contributed by atoms with van der Waals surface area (Å²) in [6.07, 6.45) is 0.940. The molecular weight excluding hydrogens is 337 g/mol. The van der Waals surface area contributed by atoms with Crippen molar-refractivity contribution in [2.45, 2.75) is 6.10 Å². The summed E-state index contributed by atoms with van der Waals surface area (Å²) in [5.74, 6) is 1.42. The minimum absolute atomic E-state index is 0.158. The molecule has 0 aliphatic carbocycles. The molecule has 2 aromatic carbocycles. The van der Waals surface area contributed by atoms with E-state index >= 15 is 0 Å². The maximum atomic E-state index is 9.88. The van der Waals surface area contributed by atoms with E-state index in [0.29, 0.717) is 15.8 Å². The number of hydrogen-bond donors (Lipinski definition) is 1. The number of aliphatic hydroxyl groups excluding tert-OH is 1. The average molecular weight is 354 g/mol. The Labute approximate surface area is 145 Å². The molecule has 0 aliphatic heterocycles. The zero-order valence-electron chi connectivity index (χ0n) is 12.6. The van der Waals surface area contributed by atoms with Crippen LogP contribution in [0.4, 0.5) is 0 Å². The highest BCUT2D eigenvalue weighted by molar-refractivity contribution is 6.42. The van der Waals surface area contributed by atoms with Gasteiger partial charge in [-0.25, -0.2) is 0 Å². The third-order valence-corrected chi connectivity index (χ3v) is 3.74. The minimum Gasteiger partial charge on any atom is -0.497 e. The van der Waals surface area contributed by atoms with Gasteiger partial charge in [-0.05, 0) is 42.0 Å². The highest BCUT2D eigenvalue weighted by Gasteiger charge is 2.04. The molecule has 0 aromatic heterocycles. The fraction of sp³-hybridized carbons (Fsp3) is 0.235. The summed E-state index contributed by atoms with van der Waals surface area (Å²) in [5.41, 5.74) is 0.822. The van der Waals surface area contributed by atoms with Gasteiger partial charge in [0.25, 0.3) is 0 Å². The Morgan fingerprint density at radius 3 is 2.43 bits per heavy atom. The van der Waals surface area contributed by atoms with Crippen LogP contribution in [0, 0.1) is 0 Å². The Morgan fingerprint density at radius 1 is 1.09 bits per heavy atom. The number of methoxy groups -OCH3 is 1. The second-order valence-electron chi connectivity index (χ2n) is 4.81. The van der Waals surface area contributed by atoms with Gasteiger partial charge >= 0.3 is 0 Å². The maximum absolute atomic E-state index is 9.88. The maximum Gasteiger partial charge on any atom is 0.119 e.